The molecule has 8 nitrogen and oxygen atoms in total. The lowest BCUT2D eigenvalue weighted by atomic mass is 9.88. The first-order chi connectivity index (χ1) is 22.6. The fourth-order valence-electron chi connectivity index (χ4n) is 6.60. The van der Waals surface area contributed by atoms with Crippen LogP contribution in [0.5, 0.6) is 5.75 Å². The number of nitrogens with zero attached hydrogens (tertiary/aromatic N) is 2. The van der Waals surface area contributed by atoms with Gasteiger partial charge in [0.05, 0.1) is 0 Å². The monoisotopic (exact) mass is 651 g/mol. The lowest BCUT2D eigenvalue weighted by molar-refractivity contribution is -0.274. The van der Waals surface area contributed by atoms with E-state index in [9.17, 15) is 22.8 Å². The molecular formula is C35H37F4N5O3. The molecule has 47 heavy (non-hydrogen) atoms. The molecule has 0 bridgehead atoms. The summed E-state index contributed by atoms with van der Waals surface area (Å²) in [6.45, 7) is 3.57. The summed E-state index contributed by atoms with van der Waals surface area (Å²) in [6, 6.07) is 16.7. The maximum absolute atomic E-state index is 15.2. The quantitative estimate of drug-likeness (QED) is 0.138. The van der Waals surface area contributed by atoms with Crippen LogP contribution >= 0.6 is 0 Å². The second kappa shape index (κ2) is 13.7. The van der Waals surface area contributed by atoms with E-state index < -0.39 is 18.3 Å². The van der Waals surface area contributed by atoms with Gasteiger partial charge in [0.25, 0.3) is 0 Å². The molecule has 0 radical (unpaired) electrons. The number of hydrogen-bond donors (Lipinski definition) is 3. The van der Waals surface area contributed by atoms with Gasteiger partial charge in [0.2, 0.25) is 11.8 Å². The molecule has 6 rings (SSSR count). The molecule has 2 saturated heterocycles. The summed E-state index contributed by atoms with van der Waals surface area (Å²) < 4.78 is 59.5. The van der Waals surface area contributed by atoms with Crippen LogP contribution in [0.3, 0.4) is 0 Å². The van der Waals surface area contributed by atoms with E-state index in [4.69, 9.17) is 5.73 Å². The van der Waals surface area contributed by atoms with Gasteiger partial charge in [0.15, 0.2) is 0 Å². The molecule has 1 atom stereocenters. The first-order valence-corrected chi connectivity index (χ1v) is 15.9. The van der Waals surface area contributed by atoms with Crippen molar-refractivity contribution in [1.82, 2.24) is 14.8 Å². The van der Waals surface area contributed by atoms with Gasteiger partial charge in [0.1, 0.15) is 17.6 Å². The van der Waals surface area contributed by atoms with Gasteiger partial charge in [-0.05, 0) is 104 Å². The third-order valence-electron chi connectivity index (χ3n) is 8.96. The predicted molar refractivity (Wildman–Crippen MR) is 171 cm³/mol. The Morgan fingerprint density at radius 2 is 1.74 bits per heavy atom. The number of nitrogens with two attached hydrogens (primary N) is 1. The van der Waals surface area contributed by atoms with Crippen molar-refractivity contribution in [1.29, 1.82) is 0 Å². The van der Waals surface area contributed by atoms with Crippen molar-refractivity contribution >= 4 is 28.4 Å². The average Bonchev–Trinajstić information content (AvgIpc) is 3.39. The number of piperidine rings is 2. The molecule has 12 heteroatoms. The Kier molecular flexibility index (Phi) is 9.51. The van der Waals surface area contributed by atoms with Gasteiger partial charge in [-0.3, -0.25) is 19.8 Å². The van der Waals surface area contributed by atoms with Crippen molar-refractivity contribution in [2.24, 2.45) is 5.73 Å². The number of amides is 2. The SMILES string of the molecule is NCCCn1cc(-c2ccc(OC(F)(F)F)cc2)c2cc(CN3CCC(c4ccc(NC5CCC(=O)NC5=O)cc4F)CC3)ccc21. The van der Waals surface area contributed by atoms with Gasteiger partial charge in [0, 0.05) is 47.9 Å². The molecule has 4 aromatic rings. The summed E-state index contributed by atoms with van der Waals surface area (Å²) in [4.78, 5) is 25.8. The first kappa shape index (κ1) is 32.5. The first-order valence-electron chi connectivity index (χ1n) is 15.9. The van der Waals surface area contributed by atoms with Crippen LogP contribution in [0.15, 0.2) is 66.9 Å². The van der Waals surface area contributed by atoms with E-state index in [0.29, 0.717) is 30.8 Å². The van der Waals surface area contributed by atoms with Crippen molar-refractivity contribution in [3.63, 3.8) is 0 Å². The number of ether oxygens (including phenoxy) is 1. The molecule has 2 amide bonds. The highest BCUT2D eigenvalue weighted by Gasteiger charge is 2.31. The van der Waals surface area contributed by atoms with Gasteiger partial charge in [-0.15, -0.1) is 13.2 Å². The highest BCUT2D eigenvalue weighted by atomic mass is 19.4. The third kappa shape index (κ3) is 7.77. The number of aromatic nitrogens is 1. The maximum Gasteiger partial charge on any atom is 0.573 e. The van der Waals surface area contributed by atoms with Gasteiger partial charge in [-0.25, -0.2) is 4.39 Å². The Morgan fingerprint density at radius 1 is 0.979 bits per heavy atom. The molecule has 3 heterocycles. The van der Waals surface area contributed by atoms with Gasteiger partial charge in [-0.2, -0.15) is 0 Å². The van der Waals surface area contributed by atoms with Crippen LogP contribution in [0.1, 0.15) is 49.1 Å². The number of anilines is 1. The summed E-state index contributed by atoms with van der Waals surface area (Å²) in [5.41, 5.74) is 10.8. The van der Waals surface area contributed by atoms with Crippen LogP contribution in [-0.2, 0) is 22.7 Å². The van der Waals surface area contributed by atoms with E-state index in [2.05, 4.69) is 43.0 Å². The summed E-state index contributed by atoms with van der Waals surface area (Å²) >= 11 is 0. The predicted octanol–water partition coefficient (Wildman–Crippen LogP) is 6.29. The summed E-state index contributed by atoms with van der Waals surface area (Å²) in [5, 5.41) is 6.35. The third-order valence-corrected chi connectivity index (χ3v) is 8.96. The number of alkyl halides is 3. The van der Waals surface area contributed by atoms with Crippen molar-refractivity contribution in [2.75, 3.05) is 25.0 Å². The normalized spacial score (nSPS) is 18.0. The number of likely N-dealkylation sites (tertiary alicyclic amines) is 1. The molecule has 2 fully saturated rings. The Hall–Kier alpha value is -4.42. The lowest BCUT2D eigenvalue weighted by Crippen LogP contribution is -2.47. The summed E-state index contributed by atoms with van der Waals surface area (Å²) in [5.74, 6) is -1.19. The number of halogens is 4. The highest BCUT2D eigenvalue weighted by molar-refractivity contribution is 6.01. The molecule has 248 valence electrons. The number of carbonyl (C=O) groups is 2. The van der Waals surface area contributed by atoms with Gasteiger partial charge < -0.3 is 20.4 Å². The number of carbonyl (C=O) groups excluding carboxylic acids is 2. The maximum atomic E-state index is 15.2. The Balaban J connectivity index is 1.12. The molecule has 0 saturated carbocycles. The van der Waals surface area contributed by atoms with Gasteiger partial charge in [-0.1, -0.05) is 24.3 Å². The van der Waals surface area contributed by atoms with Crippen molar-refractivity contribution < 1.29 is 31.9 Å². The fourth-order valence-corrected chi connectivity index (χ4v) is 6.60. The smallest absolute Gasteiger partial charge is 0.406 e. The van der Waals surface area contributed by atoms with Crippen molar-refractivity contribution in [3.05, 3.63) is 83.8 Å². The van der Waals surface area contributed by atoms with Crippen LogP contribution in [0.25, 0.3) is 22.0 Å². The summed E-state index contributed by atoms with van der Waals surface area (Å²) in [6.07, 6.45) is 0.274. The van der Waals surface area contributed by atoms with Gasteiger partial charge >= 0.3 is 6.36 Å². The standard InChI is InChI=1S/C35H37F4N5O3/c36-30-19-25(41-31-9-11-33(45)42-34(31)46)5-8-27(30)24-12-16-43(17-13-24)20-22-2-10-32-28(18-22)29(21-44(32)15-1-14-40)23-3-6-26(7-4-23)47-35(37,38)39/h2-8,10,18-19,21,24,31,41H,1,9,11-17,20,40H2,(H,42,45,46). The lowest BCUT2D eigenvalue weighted by Gasteiger charge is -2.32. The minimum atomic E-state index is -4.75. The number of aryl methyl sites for hydroxylation is 1. The number of fused-ring (bicyclic) bond motifs is 1. The minimum absolute atomic E-state index is 0.0749. The number of hydrogen-bond acceptors (Lipinski definition) is 6. The van der Waals surface area contributed by atoms with Crippen LogP contribution in [0.2, 0.25) is 0 Å². The van der Waals surface area contributed by atoms with E-state index in [1.807, 2.05) is 6.20 Å². The Morgan fingerprint density at radius 3 is 2.43 bits per heavy atom. The van der Waals surface area contributed by atoms with Crippen LogP contribution in [-0.4, -0.2) is 53.3 Å². The largest absolute Gasteiger partial charge is 0.573 e. The molecule has 1 aromatic heterocycles. The zero-order valence-corrected chi connectivity index (χ0v) is 25.8. The molecule has 4 N–H and O–H groups in total. The molecule has 2 aliphatic rings. The second-order valence-corrected chi connectivity index (χ2v) is 12.2. The topological polar surface area (TPSA) is 102 Å². The number of rotatable bonds is 10. The molecule has 1 unspecified atom stereocenters. The van der Waals surface area contributed by atoms with Crippen LogP contribution in [0, 0.1) is 5.82 Å². The number of nitrogens with one attached hydrogen (secondary N) is 2. The average molecular weight is 652 g/mol. The highest BCUT2D eigenvalue weighted by Crippen LogP contribution is 2.35. The minimum Gasteiger partial charge on any atom is -0.406 e. The van der Waals surface area contributed by atoms with E-state index in [1.54, 1.807) is 24.3 Å². The molecule has 0 aliphatic carbocycles. The Bertz CT molecular complexity index is 1750. The molecule has 0 spiro atoms. The van der Waals surface area contributed by atoms with E-state index in [-0.39, 0.29) is 29.8 Å². The molecule has 2 aliphatic heterocycles. The molecular weight excluding hydrogens is 614 g/mol. The van der Waals surface area contributed by atoms with Crippen molar-refractivity contribution in [2.45, 2.75) is 63.5 Å². The zero-order valence-electron chi connectivity index (χ0n) is 25.8. The number of benzene rings is 3. The summed E-state index contributed by atoms with van der Waals surface area (Å²) in [7, 11) is 0. The zero-order chi connectivity index (χ0) is 33.1. The van der Waals surface area contributed by atoms with E-state index in [0.717, 1.165) is 66.5 Å². The Labute approximate surface area is 269 Å². The fraction of sp³-hybridized carbons (Fsp3) is 0.371. The van der Waals surface area contributed by atoms with E-state index >= 15 is 4.39 Å². The second-order valence-electron chi connectivity index (χ2n) is 12.2. The van der Waals surface area contributed by atoms with Crippen LogP contribution in [0.4, 0.5) is 23.2 Å². The van der Waals surface area contributed by atoms with E-state index in [1.165, 1.54) is 18.2 Å². The van der Waals surface area contributed by atoms with Crippen molar-refractivity contribution in [3.8, 4) is 16.9 Å². The molecule has 3 aromatic carbocycles. The van der Waals surface area contributed by atoms with Crippen LogP contribution < -0.4 is 21.1 Å². The number of imide groups is 1.